The van der Waals surface area contributed by atoms with Crippen molar-refractivity contribution in [2.75, 3.05) is 51.4 Å². The molecular formula is C66H89N3O13S4. The number of benzene rings is 3. The molecular weight excluding hydrogens is 1170 g/mol. The number of carbonyl (C=O) groups is 1. The molecule has 470 valence electrons. The van der Waals surface area contributed by atoms with Crippen LogP contribution in [0.3, 0.4) is 0 Å². The number of hydrogen-bond donors (Lipinski definition) is 9. The van der Waals surface area contributed by atoms with Crippen molar-refractivity contribution in [3.8, 4) is 40.6 Å². The minimum atomic E-state index is -1.08. The fourth-order valence-electron chi connectivity index (χ4n) is 16.0. The average molecular weight is 1260 g/mol. The zero-order valence-corrected chi connectivity index (χ0v) is 53.1. The number of nitrogens with one attached hydrogen (secondary N) is 2. The standard InChI is InChI=1S/C66H89N3O13S4/c1-38-11-13-42-14-18-54(71)63-50-33-83-84-34-53-46-17-16-44(26-51(46)66(42,30-38)19-4-5-20-67-53)82-59-25-40-12-15-43(81-37-70)27-55(72)48(22-39-23-60(78-2)64(76)61(24-39)79-3)58(75)35-85-86-62(47(40)28-57(59)74)29-56(73)45-9-6-8-41-31-69(32-49(41)45)36-80-21-7-10-52(63)68-65(50)77/h6,8-9,23-25,28,31-32,38,42-44,46,48,50-56,58,62-63,67,70-76H,5,7,10-18,20-22,26-27,29-30,33-37H2,1-3H3,(H,68,77)/t38-,42-,43-,44+,46-,48+,50-,51-,52+,53-,54+,55+,56-,58-,62+,63+,66-/m0/s1. The topological polar surface area (TPSA) is 234 Å². The molecule has 0 unspecified atom stereocenters. The lowest BCUT2D eigenvalue weighted by Gasteiger charge is -2.54. The van der Waals surface area contributed by atoms with Gasteiger partial charge in [-0.1, -0.05) is 80.6 Å². The zero-order valence-electron chi connectivity index (χ0n) is 49.9. The Morgan fingerprint density at radius 3 is 2.47 bits per heavy atom. The number of phenolic OH excluding ortho intramolecular Hbond substituents is 2. The first kappa shape index (κ1) is 63.9. The van der Waals surface area contributed by atoms with Crippen molar-refractivity contribution >= 4 is 59.9 Å². The van der Waals surface area contributed by atoms with Crippen LogP contribution in [0, 0.1) is 58.7 Å². The van der Waals surface area contributed by atoms with E-state index in [0.29, 0.717) is 67.6 Å². The molecule has 16 nitrogen and oxygen atoms in total. The summed E-state index contributed by atoms with van der Waals surface area (Å²) < 4.78 is 32.6. The lowest BCUT2D eigenvalue weighted by Crippen LogP contribution is -2.53. The van der Waals surface area contributed by atoms with Crippen molar-refractivity contribution in [2.24, 2.45) is 46.8 Å². The first-order valence-corrected chi connectivity index (χ1v) is 36.2. The summed E-state index contributed by atoms with van der Waals surface area (Å²) in [5.41, 5.74) is 2.76. The number of fused-ring (bicyclic) bond motifs is 6. The molecule has 1 spiro atoms. The summed E-state index contributed by atoms with van der Waals surface area (Å²) in [4.78, 5) is 14.0. The summed E-state index contributed by atoms with van der Waals surface area (Å²) in [7, 11) is 9.46. The molecule has 2 saturated carbocycles. The molecule has 8 aliphatic rings. The van der Waals surface area contributed by atoms with E-state index in [1.54, 1.807) is 22.9 Å². The highest BCUT2D eigenvalue weighted by Crippen LogP contribution is 2.58. The molecule has 9 N–H and O–H groups in total. The average Bonchev–Trinajstić information content (AvgIpc) is 1.01. The maximum atomic E-state index is 14.0. The van der Waals surface area contributed by atoms with Crippen molar-refractivity contribution < 1.29 is 64.2 Å². The SMILES string of the molecule is COc1cc(C[C@@H]2[C@H](O)C[C@@H](OCO)CCc3cc4c(O)cc3[C@@H](C[C@H](O)c3cccc5cn(cc35)COCCC[C@H]3NC(=O)[C@H]5CSSC[C@@H]6NCCC#C[C@@]7(C[C@@H](C)CC[C@H]7CC[C@@H](O)[C@H]53)[C@H]3C[C@@H](CC[C@H]63)O4)SSC[C@@H]2O)cc(OC)c1O. The van der Waals surface area contributed by atoms with Gasteiger partial charge in [0.25, 0.3) is 0 Å². The highest BCUT2D eigenvalue weighted by atomic mass is 33.1. The third-order valence-corrected chi connectivity index (χ3v) is 25.6. The smallest absolute Gasteiger partial charge is 0.224 e. The number of nitrogens with zero attached hydrogens (tertiary/aromatic N) is 1. The minimum absolute atomic E-state index is 0.00343. The van der Waals surface area contributed by atoms with Crippen molar-refractivity contribution in [2.45, 2.75) is 170 Å². The molecule has 6 aliphatic heterocycles. The number of rotatable bonds is 6. The third-order valence-electron chi connectivity index (χ3n) is 20.3. The van der Waals surface area contributed by atoms with Crippen LogP contribution in [0.1, 0.15) is 130 Å². The lowest BCUT2D eigenvalue weighted by molar-refractivity contribution is -0.123. The number of ether oxygens (including phenoxy) is 5. The predicted octanol–water partition coefficient (Wildman–Crippen LogP) is 9.85. The van der Waals surface area contributed by atoms with E-state index in [4.69, 9.17) is 23.7 Å². The molecule has 11 bridgehead atoms. The zero-order chi connectivity index (χ0) is 60.1. The molecule has 0 radical (unpaired) electrons. The first-order valence-electron chi connectivity index (χ1n) is 31.4. The van der Waals surface area contributed by atoms with E-state index < -0.39 is 48.5 Å². The van der Waals surface area contributed by atoms with Crippen molar-refractivity contribution in [3.63, 3.8) is 0 Å². The van der Waals surface area contributed by atoms with Gasteiger partial charge >= 0.3 is 0 Å². The molecule has 4 aromatic rings. The molecule has 1 aromatic heterocycles. The van der Waals surface area contributed by atoms with Crippen LogP contribution in [0.25, 0.3) is 10.8 Å². The van der Waals surface area contributed by atoms with Gasteiger partial charge in [-0.25, -0.2) is 0 Å². The van der Waals surface area contributed by atoms with Crippen LogP contribution >= 0.6 is 43.2 Å². The van der Waals surface area contributed by atoms with Crippen LogP contribution in [0.15, 0.2) is 54.9 Å². The van der Waals surface area contributed by atoms with Crippen LogP contribution in [0.2, 0.25) is 0 Å². The number of aryl methyl sites for hydroxylation is 1. The van der Waals surface area contributed by atoms with Gasteiger partial charge in [0.2, 0.25) is 11.7 Å². The number of aliphatic hydroxyl groups excluding tert-OH is 5. The summed E-state index contributed by atoms with van der Waals surface area (Å²) in [6, 6.07) is 13.1. The molecule has 4 fully saturated rings. The number of aromatic nitrogens is 1. The summed E-state index contributed by atoms with van der Waals surface area (Å²) in [5.74, 6) is 10.1. The van der Waals surface area contributed by atoms with Gasteiger partial charge in [0.05, 0.1) is 56.8 Å². The maximum Gasteiger partial charge on any atom is 0.224 e. The number of aromatic hydroxyl groups is 2. The molecule has 2 aliphatic carbocycles. The van der Waals surface area contributed by atoms with Gasteiger partial charge in [-0.2, -0.15) is 0 Å². The van der Waals surface area contributed by atoms with E-state index in [1.807, 2.05) is 58.1 Å². The molecule has 3 aromatic carbocycles. The minimum Gasteiger partial charge on any atom is -0.504 e. The monoisotopic (exact) mass is 1260 g/mol. The predicted molar refractivity (Wildman–Crippen MR) is 340 cm³/mol. The Kier molecular flexibility index (Phi) is 21.6. The van der Waals surface area contributed by atoms with Gasteiger partial charge < -0.3 is 74.6 Å². The fourth-order valence-corrected chi connectivity index (χ4v) is 21.6. The van der Waals surface area contributed by atoms with Gasteiger partial charge in [-0.3, -0.25) is 4.79 Å². The molecule has 20 heteroatoms. The summed E-state index contributed by atoms with van der Waals surface area (Å²) >= 11 is 0. The van der Waals surface area contributed by atoms with Crippen molar-refractivity contribution in [3.05, 3.63) is 77.1 Å². The normalized spacial score (nSPS) is 35.1. The summed E-state index contributed by atoms with van der Waals surface area (Å²) in [5, 5.41) is 91.9. The number of phenols is 2. The molecule has 2 saturated heterocycles. The van der Waals surface area contributed by atoms with Crippen LogP contribution in [-0.4, -0.2) is 140 Å². The fraction of sp³-hybridized carbons (Fsp3) is 0.652. The summed E-state index contributed by atoms with van der Waals surface area (Å²) in [6.07, 6.45) is 9.76. The number of carbonyl (C=O) groups excluding carboxylic acids is 1. The second-order valence-corrected chi connectivity index (χ2v) is 30.7. The number of amides is 1. The van der Waals surface area contributed by atoms with Gasteiger partial charge in [-0.05, 0) is 165 Å². The van der Waals surface area contributed by atoms with Crippen LogP contribution in [0.5, 0.6) is 28.7 Å². The van der Waals surface area contributed by atoms with Gasteiger partial charge in [0, 0.05) is 89.2 Å². The van der Waals surface area contributed by atoms with E-state index in [1.165, 1.54) is 35.8 Å². The molecule has 17 atom stereocenters. The Labute approximate surface area is 522 Å². The molecule has 7 heterocycles. The van der Waals surface area contributed by atoms with Crippen LogP contribution < -0.4 is 24.8 Å². The quantitative estimate of drug-likeness (QED) is 0.0496. The van der Waals surface area contributed by atoms with E-state index >= 15 is 0 Å². The van der Waals surface area contributed by atoms with E-state index in [0.717, 1.165) is 91.1 Å². The Hall–Kier alpha value is -3.69. The highest BCUT2D eigenvalue weighted by Gasteiger charge is 2.54. The number of aliphatic hydroxyl groups is 5. The maximum absolute atomic E-state index is 14.0. The Bertz CT molecular complexity index is 2990. The Balaban J connectivity index is 0.981. The third kappa shape index (κ3) is 14.2. The lowest BCUT2D eigenvalue weighted by atomic mass is 9.51. The van der Waals surface area contributed by atoms with Gasteiger partial charge in [0.15, 0.2) is 23.0 Å². The number of hydrogen-bond acceptors (Lipinski definition) is 18. The van der Waals surface area contributed by atoms with E-state index in [9.17, 15) is 40.5 Å². The van der Waals surface area contributed by atoms with E-state index in [-0.39, 0.29) is 108 Å². The highest BCUT2D eigenvalue weighted by molar-refractivity contribution is 8.77. The van der Waals surface area contributed by atoms with Gasteiger partial charge in [0.1, 0.15) is 13.5 Å². The number of methoxy groups -OCH3 is 2. The largest absolute Gasteiger partial charge is 0.504 e. The first-order chi connectivity index (χ1) is 41.7. The molecule has 12 rings (SSSR count). The Morgan fingerprint density at radius 2 is 1.65 bits per heavy atom. The summed E-state index contributed by atoms with van der Waals surface area (Å²) in [6.45, 7) is 3.34. The van der Waals surface area contributed by atoms with Crippen LogP contribution in [0.4, 0.5) is 0 Å². The second kappa shape index (κ2) is 29.1. The molecule has 86 heavy (non-hydrogen) atoms. The van der Waals surface area contributed by atoms with Crippen molar-refractivity contribution in [1.82, 2.24) is 15.2 Å². The second-order valence-electron chi connectivity index (χ2n) is 25.6. The Morgan fingerprint density at radius 1 is 0.837 bits per heavy atom. The van der Waals surface area contributed by atoms with Crippen molar-refractivity contribution in [1.29, 1.82) is 0 Å². The van der Waals surface area contributed by atoms with Crippen LogP contribution in [-0.2, 0) is 33.8 Å². The van der Waals surface area contributed by atoms with Gasteiger partial charge in [-0.15, -0.1) is 5.92 Å². The van der Waals surface area contributed by atoms with E-state index in [2.05, 4.69) is 29.4 Å². The molecule has 1 amide bonds.